The minimum Gasteiger partial charge on any atom is -0.321 e. The topological polar surface area (TPSA) is 72.2 Å². The summed E-state index contributed by atoms with van der Waals surface area (Å²) in [5.74, 6) is -0.456. The zero-order chi connectivity index (χ0) is 16.1. The Morgan fingerprint density at radius 1 is 1.05 bits per heavy atom. The number of nitro groups is 1. The number of hydrogen-bond acceptors (Lipinski definition) is 3. The molecule has 5 heteroatoms. The molecule has 0 atom stereocenters. The van der Waals surface area contributed by atoms with E-state index in [1.54, 1.807) is 12.1 Å². The monoisotopic (exact) mass is 298 g/mol. The molecule has 5 nitrogen and oxygen atoms in total. The van der Waals surface area contributed by atoms with Gasteiger partial charge in [-0.25, -0.2) is 0 Å². The maximum atomic E-state index is 12.5. The molecule has 0 bridgehead atoms. The lowest BCUT2D eigenvalue weighted by molar-refractivity contribution is -0.385. The van der Waals surface area contributed by atoms with E-state index in [1.807, 2.05) is 32.0 Å². The van der Waals surface area contributed by atoms with Gasteiger partial charge in [-0.3, -0.25) is 14.9 Å². The van der Waals surface area contributed by atoms with Crippen molar-refractivity contribution < 1.29 is 9.72 Å². The molecule has 114 valence electrons. The van der Waals surface area contributed by atoms with Gasteiger partial charge < -0.3 is 5.32 Å². The second-order valence-electron chi connectivity index (χ2n) is 4.89. The van der Waals surface area contributed by atoms with Crippen molar-refractivity contribution in [2.45, 2.75) is 26.7 Å². The first-order valence-electron chi connectivity index (χ1n) is 7.24. The fourth-order valence-electron chi connectivity index (χ4n) is 2.41. The summed E-state index contributed by atoms with van der Waals surface area (Å²) in [4.78, 5) is 23.0. The normalized spacial score (nSPS) is 10.3. The number of aryl methyl sites for hydroxylation is 2. The highest BCUT2D eigenvalue weighted by molar-refractivity contribution is 6.07. The molecular weight excluding hydrogens is 280 g/mol. The van der Waals surface area contributed by atoms with Gasteiger partial charge in [0.1, 0.15) is 5.56 Å². The van der Waals surface area contributed by atoms with Crippen LogP contribution < -0.4 is 5.32 Å². The molecule has 2 rings (SSSR count). The number of benzene rings is 2. The number of para-hydroxylation sites is 2. The van der Waals surface area contributed by atoms with Gasteiger partial charge in [-0.2, -0.15) is 0 Å². The molecule has 2 aromatic carbocycles. The zero-order valence-electron chi connectivity index (χ0n) is 12.6. The summed E-state index contributed by atoms with van der Waals surface area (Å²) in [6, 6.07) is 11.8. The molecule has 0 aliphatic heterocycles. The summed E-state index contributed by atoms with van der Waals surface area (Å²) in [6.07, 6.45) is 1.56. The Kier molecular flexibility index (Phi) is 4.88. The summed E-state index contributed by atoms with van der Waals surface area (Å²) in [7, 11) is 0. The van der Waals surface area contributed by atoms with Crippen molar-refractivity contribution in [3.63, 3.8) is 0 Å². The van der Waals surface area contributed by atoms with E-state index in [0.29, 0.717) is 0 Å². The maximum absolute atomic E-state index is 12.5. The van der Waals surface area contributed by atoms with Gasteiger partial charge in [0, 0.05) is 11.8 Å². The molecule has 0 saturated heterocycles. The predicted molar refractivity (Wildman–Crippen MR) is 86.2 cm³/mol. The highest BCUT2D eigenvalue weighted by Crippen LogP contribution is 2.25. The molecule has 0 unspecified atom stereocenters. The first-order chi connectivity index (χ1) is 10.6. The molecule has 0 aromatic heterocycles. The van der Waals surface area contributed by atoms with Crippen molar-refractivity contribution >= 4 is 17.3 Å². The molecule has 0 heterocycles. The summed E-state index contributed by atoms with van der Waals surface area (Å²) in [6.45, 7) is 4.02. The van der Waals surface area contributed by atoms with Crippen molar-refractivity contribution in [1.29, 1.82) is 0 Å². The van der Waals surface area contributed by atoms with E-state index >= 15 is 0 Å². The lowest BCUT2D eigenvalue weighted by Crippen LogP contribution is -2.16. The van der Waals surface area contributed by atoms with E-state index in [1.165, 1.54) is 12.1 Å². The third kappa shape index (κ3) is 3.14. The van der Waals surface area contributed by atoms with E-state index in [9.17, 15) is 14.9 Å². The second-order valence-corrected chi connectivity index (χ2v) is 4.89. The van der Waals surface area contributed by atoms with Crippen molar-refractivity contribution in [2.24, 2.45) is 0 Å². The number of nitro benzene ring substituents is 1. The first kappa shape index (κ1) is 15.7. The van der Waals surface area contributed by atoms with Crippen LogP contribution in [-0.2, 0) is 12.8 Å². The molecule has 1 N–H and O–H groups in total. The number of hydrogen-bond donors (Lipinski definition) is 1. The van der Waals surface area contributed by atoms with Crippen LogP contribution in [-0.4, -0.2) is 10.8 Å². The summed E-state index contributed by atoms with van der Waals surface area (Å²) >= 11 is 0. The number of carbonyl (C=O) groups is 1. The van der Waals surface area contributed by atoms with Crippen molar-refractivity contribution in [1.82, 2.24) is 0 Å². The van der Waals surface area contributed by atoms with Crippen LogP contribution in [0, 0.1) is 10.1 Å². The third-order valence-electron chi connectivity index (χ3n) is 3.58. The van der Waals surface area contributed by atoms with E-state index in [0.717, 1.165) is 29.7 Å². The van der Waals surface area contributed by atoms with Gasteiger partial charge >= 0.3 is 0 Å². The lowest BCUT2D eigenvalue weighted by atomic mass is 10.0. The van der Waals surface area contributed by atoms with Gasteiger partial charge in [-0.15, -0.1) is 0 Å². The molecule has 0 radical (unpaired) electrons. The van der Waals surface area contributed by atoms with Crippen molar-refractivity contribution in [2.75, 3.05) is 5.32 Å². The fraction of sp³-hybridized carbons (Fsp3) is 0.235. The largest absolute Gasteiger partial charge is 0.321 e. The fourth-order valence-corrected chi connectivity index (χ4v) is 2.41. The molecule has 22 heavy (non-hydrogen) atoms. The minimum absolute atomic E-state index is 0.0699. The number of nitrogens with one attached hydrogen (secondary N) is 1. The molecule has 0 aliphatic carbocycles. The highest BCUT2D eigenvalue weighted by atomic mass is 16.6. The molecule has 0 fully saturated rings. The number of carbonyl (C=O) groups excluding carboxylic acids is 1. The van der Waals surface area contributed by atoms with Crippen LogP contribution in [0.2, 0.25) is 0 Å². The Morgan fingerprint density at radius 3 is 2.18 bits per heavy atom. The molecule has 1 amide bonds. The highest BCUT2D eigenvalue weighted by Gasteiger charge is 2.20. The molecule has 0 spiro atoms. The van der Waals surface area contributed by atoms with Gasteiger partial charge in [-0.1, -0.05) is 44.2 Å². The number of amides is 1. The average molecular weight is 298 g/mol. The van der Waals surface area contributed by atoms with Crippen molar-refractivity contribution in [3.8, 4) is 0 Å². The van der Waals surface area contributed by atoms with Crippen molar-refractivity contribution in [3.05, 3.63) is 69.3 Å². The Labute approximate surface area is 129 Å². The van der Waals surface area contributed by atoms with Crippen LogP contribution in [0.1, 0.15) is 35.3 Å². The van der Waals surface area contributed by atoms with Crippen LogP contribution in [0.25, 0.3) is 0 Å². The third-order valence-corrected chi connectivity index (χ3v) is 3.58. The van der Waals surface area contributed by atoms with Crippen LogP contribution in [0.15, 0.2) is 42.5 Å². The van der Waals surface area contributed by atoms with Gasteiger partial charge in [0.25, 0.3) is 11.6 Å². The number of anilines is 1. The van der Waals surface area contributed by atoms with E-state index in [-0.39, 0.29) is 11.3 Å². The Morgan fingerprint density at radius 2 is 1.64 bits per heavy atom. The van der Waals surface area contributed by atoms with Gasteiger partial charge in [0.05, 0.1) is 4.92 Å². The first-order valence-corrected chi connectivity index (χ1v) is 7.24. The van der Waals surface area contributed by atoms with E-state index in [4.69, 9.17) is 0 Å². The SMILES string of the molecule is CCc1cccc(CC)c1NC(=O)c1ccccc1[N+](=O)[O-]. The standard InChI is InChI=1S/C17H18N2O3/c1-3-12-8-7-9-13(4-2)16(12)18-17(20)14-10-5-6-11-15(14)19(21)22/h5-11H,3-4H2,1-2H3,(H,18,20). The minimum atomic E-state index is -0.540. The van der Waals surface area contributed by atoms with Crippen LogP contribution >= 0.6 is 0 Å². The Balaban J connectivity index is 2.40. The predicted octanol–water partition coefficient (Wildman–Crippen LogP) is 3.97. The molecule has 2 aromatic rings. The number of rotatable bonds is 5. The van der Waals surface area contributed by atoms with Crippen LogP contribution in [0.5, 0.6) is 0 Å². The lowest BCUT2D eigenvalue weighted by Gasteiger charge is -2.14. The number of nitrogens with zero attached hydrogens (tertiary/aromatic N) is 1. The average Bonchev–Trinajstić information content (AvgIpc) is 2.54. The summed E-state index contributed by atoms with van der Waals surface area (Å²) < 4.78 is 0. The van der Waals surface area contributed by atoms with Crippen LogP contribution in [0.3, 0.4) is 0 Å². The zero-order valence-corrected chi connectivity index (χ0v) is 12.6. The molecular formula is C17H18N2O3. The van der Waals surface area contributed by atoms with E-state index in [2.05, 4.69) is 5.32 Å². The summed E-state index contributed by atoms with van der Waals surface area (Å²) in [5, 5.41) is 13.9. The van der Waals surface area contributed by atoms with Gasteiger partial charge in [-0.05, 0) is 30.0 Å². The maximum Gasteiger partial charge on any atom is 0.282 e. The smallest absolute Gasteiger partial charge is 0.282 e. The molecule has 0 aliphatic rings. The quantitative estimate of drug-likeness (QED) is 0.670. The van der Waals surface area contributed by atoms with Gasteiger partial charge in [0.15, 0.2) is 0 Å². The van der Waals surface area contributed by atoms with Gasteiger partial charge in [0.2, 0.25) is 0 Å². The van der Waals surface area contributed by atoms with Crippen LogP contribution in [0.4, 0.5) is 11.4 Å². The van der Waals surface area contributed by atoms with E-state index < -0.39 is 10.8 Å². The Bertz CT molecular complexity index is 689. The second kappa shape index (κ2) is 6.85. The summed E-state index contributed by atoms with van der Waals surface area (Å²) in [5.41, 5.74) is 2.68. The Hall–Kier alpha value is -2.69. The molecule has 0 saturated carbocycles.